The van der Waals surface area contributed by atoms with Crippen LogP contribution in [0.3, 0.4) is 0 Å². The Morgan fingerprint density at radius 1 is 1.42 bits per heavy atom. The first-order chi connectivity index (χ1) is 8.96. The van der Waals surface area contributed by atoms with Crippen molar-refractivity contribution in [2.45, 2.75) is 18.3 Å². The molecule has 1 fully saturated rings. The Morgan fingerprint density at radius 3 is 2.47 bits per heavy atom. The number of nitrogens with zero attached hydrogens (tertiary/aromatic N) is 1. The van der Waals surface area contributed by atoms with E-state index in [2.05, 4.69) is 0 Å². The Hall–Kier alpha value is -2.31. The third kappa shape index (κ3) is 1.96. The zero-order chi connectivity index (χ0) is 14.2. The Bertz CT molecular complexity index is 549. The highest BCUT2D eigenvalue weighted by molar-refractivity contribution is 5.87. The van der Waals surface area contributed by atoms with Crippen molar-refractivity contribution in [3.05, 3.63) is 27.8 Å². The van der Waals surface area contributed by atoms with Gasteiger partial charge < -0.3 is 14.6 Å². The molecule has 2 rings (SSSR count). The summed E-state index contributed by atoms with van der Waals surface area (Å²) >= 11 is 0. The first kappa shape index (κ1) is 13.1. The van der Waals surface area contributed by atoms with Crippen molar-refractivity contribution < 1.29 is 24.3 Å². The van der Waals surface area contributed by atoms with E-state index in [9.17, 15) is 20.0 Å². The summed E-state index contributed by atoms with van der Waals surface area (Å²) in [4.78, 5) is 22.0. The van der Waals surface area contributed by atoms with Crippen LogP contribution >= 0.6 is 0 Å². The lowest BCUT2D eigenvalue weighted by Crippen LogP contribution is -2.22. The third-order valence-corrected chi connectivity index (χ3v) is 3.35. The molecule has 0 heterocycles. The second-order valence-electron chi connectivity index (χ2n) is 4.38. The molecular weight excluding hydrogens is 254 g/mol. The SMILES string of the molecule is COC(=O)C1(c2cc(OC)c(O)c([N+](=O)[O-])c2)CC1. The van der Waals surface area contributed by atoms with E-state index in [1.165, 1.54) is 26.4 Å². The Balaban J connectivity index is 2.56. The van der Waals surface area contributed by atoms with Crippen LogP contribution in [0.1, 0.15) is 18.4 Å². The number of phenols is 1. The molecule has 0 atom stereocenters. The lowest BCUT2D eigenvalue weighted by Gasteiger charge is -2.14. The highest BCUT2D eigenvalue weighted by atomic mass is 16.6. The highest BCUT2D eigenvalue weighted by Crippen LogP contribution is 2.52. The van der Waals surface area contributed by atoms with E-state index in [0.29, 0.717) is 18.4 Å². The maximum atomic E-state index is 11.8. The second kappa shape index (κ2) is 4.42. The molecular formula is C12H13NO6. The zero-order valence-electron chi connectivity index (χ0n) is 10.5. The van der Waals surface area contributed by atoms with Gasteiger partial charge in [0.25, 0.3) is 0 Å². The minimum atomic E-state index is -0.847. The number of hydrogen-bond acceptors (Lipinski definition) is 6. The van der Waals surface area contributed by atoms with Gasteiger partial charge in [-0.15, -0.1) is 0 Å². The van der Waals surface area contributed by atoms with Gasteiger partial charge in [-0.25, -0.2) is 0 Å². The first-order valence-electron chi connectivity index (χ1n) is 5.60. The molecule has 7 nitrogen and oxygen atoms in total. The number of hydrogen-bond donors (Lipinski definition) is 1. The largest absolute Gasteiger partial charge is 0.500 e. The molecule has 1 N–H and O–H groups in total. The number of nitro benzene ring substituents is 1. The van der Waals surface area contributed by atoms with E-state index < -0.39 is 27.7 Å². The number of ether oxygens (including phenoxy) is 2. The molecule has 1 aliphatic rings. The number of carbonyl (C=O) groups excluding carboxylic acids is 1. The van der Waals surface area contributed by atoms with Crippen LogP contribution in [0.4, 0.5) is 5.69 Å². The van der Waals surface area contributed by atoms with E-state index in [-0.39, 0.29) is 5.75 Å². The van der Waals surface area contributed by atoms with Gasteiger partial charge in [-0.05, 0) is 24.5 Å². The molecule has 0 amide bonds. The molecule has 0 aliphatic heterocycles. The van der Waals surface area contributed by atoms with Crippen LogP contribution < -0.4 is 4.74 Å². The molecule has 0 aromatic heterocycles. The van der Waals surface area contributed by atoms with Gasteiger partial charge in [-0.3, -0.25) is 14.9 Å². The van der Waals surface area contributed by atoms with Crippen LogP contribution in [0.25, 0.3) is 0 Å². The monoisotopic (exact) mass is 267 g/mol. The van der Waals surface area contributed by atoms with Crippen molar-refractivity contribution in [1.29, 1.82) is 0 Å². The summed E-state index contributed by atoms with van der Waals surface area (Å²) in [6.07, 6.45) is 1.12. The summed E-state index contributed by atoms with van der Waals surface area (Å²) in [7, 11) is 2.56. The zero-order valence-corrected chi connectivity index (χ0v) is 10.5. The van der Waals surface area contributed by atoms with E-state index >= 15 is 0 Å². The molecule has 102 valence electrons. The summed E-state index contributed by atoms with van der Waals surface area (Å²) in [6, 6.07) is 2.63. The summed E-state index contributed by atoms with van der Waals surface area (Å²) in [6.45, 7) is 0. The smallest absolute Gasteiger partial charge is 0.316 e. The van der Waals surface area contributed by atoms with Gasteiger partial charge >= 0.3 is 11.7 Å². The minimum absolute atomic E-state index is 0.0284. The molecule has 1 aromatic rings. The van der Waals surface area contributed by atoms with Crippen molar-refractivity contribution in [2.24, 2.45) is 0 Å². The minimum Gasteiger partial charge on any atom is -0.500 e. The maximum absolute atomic E-state index is 11.8. The fraction of sp³-hybridized carbons (Fsp3) is 0.417. The van der Waals surface area contributed by atoms with Crippen molar-refractivity contribution in [3.8, 4) is 11.5 Å². The molecule has 1 aliphatic carbocycles. The van der Waals surface area contributed by atoms with Crippen molar-refractivity contribution in [3.63, 3.8) is 0 Å². The molecule has 0 unspecified atom stereocenters. The first-order valence-corrected chi connectivity index (χ1v) is 5.60. The van der Waals surface area contributed by atoms with Crippen LogP contribution in [0, 0.1) is 10.1 Å². The lowest BCUT2D eigenvalue weighted by atomic mass is 9.95. The summed E-state index contributed by atoms with van der Waals surface area (Å²) in [5.41, 5.74) is -0.897. The normalized spacial score (nSPS) is 15.7. The van der Waals surface area contributed by atoms with Crippen molar-refractivity contribution in [2.75, 3.05) is 14.2 Å². The molecule has 1 aromatic carbocycles. The standard InChI is InChI=1S/C12H13NO6/c1-18-9-6-7(5-8(10(9)14)13(16)17)12(3-4-12)11(15)19-2/h5-6,14H,3-4H2,1-2H3. The number of aromatic hydroxyl groups is 1. The van der Waals surface area contributed by atoms with E-state index in [4.69, 9.17) is 9.47 Å². The Kier molecular flexibility index (Phi) is 3.05. The van der Waals surface area contributed by atoms with Gasteiger partial charge in [-0.2, -0.15) is 0 Å². The van der Waals surface area contributed by atoms with E-state index in [1.54, 1.807) is 0 Å². The second-order valence-corrected chi connectivity index (χ2v) is 4.38. The number of benzene rings is 1. The predicted molar refractivity (Wildman–Crippen MR) is 64.2 cm³/mol. The predicted octanol–water partition coefficient (Wildman–Crippen LogP) is 1.51. The molecule has 0 radical (unpaired) electrons. The van der Waals surface area contributed by atoms with E-state index in [1.807, 2.05) is 0 Å². The summed E-state index contributed by atoms with van der Waals surface area (Å²) < 4.78 is 9.63. The summed E-state index contributed by atoms with van der Waals surface area (Å²) in [5, 5.41) is 20.6. The van der Waals surface area contributed by atoms with Crippen LogP contribution in [0.2, 0.25) is 0 Å². The average molecular weight is 267 g/mol. The number of phenolic OH excluding ortho intramolecular Hbond substituents is 1. The number of rotatable bonds is 4. The molecule has 19 heavy (non-hydrogen) atoms. The quantitative estimate of drug-likeness (QED) is 0.504. The number of nitro groups is 1. The Labute approximate surface area is 108 Å². The van der Waals surface area contributed by atoms with Gasteiger partial charge in [-0.1, -0.05) is 0 Å². The van der Waals surface area contributed by atoms with Crippen molar-refractivity contribution in [1.82, 2.24) is 0 Å². The van der Waals surface area contributed by atoms with Crippen molar-refractivity contribution >= 4 is 11.7 Å². The lowest BCUT2D eigenvalue weighted by molar-refractivity contribution is -0.386. The molecule has 0 saturated heterocycles. The number of carbonyl (C=O) groups is 1. The average Bonchev–Trinajstić information content (AvgIpc) is 3.19. The number of methoxy groups -OCH3 is 2. The van der Waals surface area contributed by atoms with E-state index in [0.717, 1.165) is 0 Å². The molecule has 7 heteroatoms. The molecule has 0 bridgehead atoms. The van der Waals surface area contributed by atoms with Crippen LogP contribution in [-0.2, 0) is 14.9 Å². The molecule has 0 spiro atoms. The Morgan fingerprint density at radius 2 is 2.05 bits per heavy atom. The van der Waals surface area contributed by atoms with Gasteiger partial charge in [0.2, 0.25) is 5.75 Å². The van der Waals surface area contributed by atoms with Gasteiger partial charge in [0.1, 0.15) is 0 Å². The number of esters is 1. The fourth-order valence-corrected chi connectivity index (χ4v) is 2.10. The fourth-order valence-electron chi connectivity index (χ4n) is 2.10. The van der Waals surface area contributed by atoms with Gasteiger partial charge in [0.15, 0.2) is 5.75 Å². The summed E-state index contributed by atoms with van der Waals surface area (Å²) in [5.74, 6) is -1.01. The van der Waals surface area contributed by atoms with Gasteiger partial charge in [0.05, 0.1) is 24.6 Å². The van der Waals surface area contributed by atoms with Crippen LogP contribution in [0.5, 0.6) is 11.5 Å². The maximum Gasteiger partial charge on any atom is 0.316 e. The van der Waals surface area contributed by atoms with Crippen LogP contribution in [0.15, 0.2) is 12.1 Å². The highest BCUT2D eigenvalue weighted by Gasteiger charge is 2.53. The molecule has 1 saturated carbocycles. The van der Waals surface area contributed by atoms with Gasteiger partial charge in [0, 0.05) is 6.07 Å². The third-order valence-electron chi connectivity index (χ3n) is 3.35. The van der Waals surface area contributed by atoms with Crippen LogP contribution in [-0.4, -0.2) is 30.2 Å². The topological polar surface area (TPSA) is 98.9 Å².